The Balaban J connectivity index is 1.48. The maximum atomic E-state index is 13.5. The number of alkyl halides is 6. The summed E-state index contributed by atoms with van der Waals surface area (Å²) in [6, 6.07) is 8.01. The number of hydrogen-bond donors (Lipinski definition) is 2. The maximum absolute atomic E-state index is 13.5. The quantitative estimate of drug-likeness (QED) is 0.279. The van der Waals surface area contributed by atoms with E-state index in [0.717, 1.165) is 17.0 Å². The van der Waals surface area contributed by atoms with E-state index >= 15 is 0 Å². The highest BCUT2D eigenvalue weighted by Crippen LogP contribution is 2.50. The van der Waals surface area contributed by atoms with Crippen LogP contribution in [0.5, 0.6) is 5.75 Å². The fourth-order valence-corrected chi connectivity index (χ4v) is 6.00. The van der Waals surface area contributed by atoms with Gasteiger partial charge in [-0.15, -0.1) is 0 Å². The minimum absolute atomic E-state index is 0.0580. The molecule has 2 aliphatic rings. The number of urea groups is 1. The first kappa shape index (κ1) is 35.8. The molecule has 4 rings (SSSR count). The third-order valence-electron chi connectivity index (χ3n) is 8.50. The number of aliphatic hydroxyl groups is 1. The van der Waals surface area contributed by atoms with Crippen LogP contribution in [0.3, 0.4) is 0 Å². The minimum atomic E-state index is -6.01. The summed E-state index contributed by atoms with van der Waals surface area (Å²) in [6.45, 7) is 8.61. The van der Waals surface area contributed by atoms with Gasteiger partial charge in [0.1, 0.15) is 17.8 Å². The van der Waals surface area contributed by atoms with Gasteiger partial charge >= 0.3 is 18.4 Å². The Kier molecular flexibility index (Phi) is 9.83. The number of nitrogens with one attached hydrogen (secondary N) is 1. The molecule has 2 saturated heterocycles. The molecule has 0 saturated carbocycles. The molecule has 0 spiro atoms. The monoisotopic (exact) mass is 672 g/mol. The molecular formula is C32H38F6N4O5. The molecule has 2 aromatic carbocycles. The van der Waals surface area contributed by atoms with E-state index in [0.29, 0.717) is 29.5 Å². The summed E-state index contributed by atoms with van der Waals surface area (Å²) < 4.78 is 86.9. The lowest BCUT2D eigenvalue weighted by atomic mass is 9.89. The molecule has 258 valence electrons. The van der Waals surface area contributed by atoms with Crippen LogP contribution in [0.15, 0.2) is 42.5 Å². The van der Waals surface area contributed by atoms with Crippen molar-refractivity contribution >= 4 is 23.5 Å². The van der Waals surface area contributed by atoms with Crippen molar-refractivity contribution in [3.63, 3.8) is 0 Å². The molecule has 0 radical (unpaired) electrons. The molecule has 9 nitrogen and oxygen atoms in total. The van der Waals surface area contributed by atoms with Gasteiger partial charge in [0.25, 0.3) is 11.5 Å². The van der Waals surface area contributed by atoms with Gasteiger partial charge in [0.2, 0.25) is 5.91 Å². The zero-order valence-corrected chi connectivity index (χ0v) is 26.6. The van der Waals surface area contributed by atoms with E-state index in [1.807, 2.05) is 13.8 Å². The normalized spacial score (nSPS) is 21.0. The van der Waals surface area contributed by atoms with E-state index in [1.54, 1.807) is 49.9 Å². The average Bonchev–Trinajstić information content (AvgIpc) is 3.19. The lowest BCUT2D eigenvalue weighted by Gasteiger charge is -2.42. The second kappa shape index (κ2) is 12.9. The van der Waals surface area contributed by atoms with Gasteiger partial charge in [0.15, 0.2) is 0 Å². The molecule has 2 unspecified atom stereocenters. The standard InChI is InChI=1S/C32H38F6N4O5/c1-6-7-21-16-23(30(46,31(33,34)35)32(36,37)38)10-13-25(21)41-15-14-40(17-20(41)4)26(43)18-42-27(44)29(5,39-28(42)45)22-8-11-24(12-9-22)47-19(2)3/h8-13,16,19-20,46H,6-7,14-15,17-18H2,1-5H3,(H,39,45). The topological polar surface area (TPSA) is 102 Å². The van der Waals surface area contributed by atoms with E-state index in [4.69, 9.17) is 4.74 Å². The molecular weight excluding hydrogens is 634 g/mol. The van der Waals surface area contributed by atoms with Crippen molar-refractivity contribution < 1.29 is 50.6 Å². The van der Waals surface area contributed by atoms with Gasteiger partial charge in [-0.25, -0.2) is 4.79 Å². The minimum Gasteiger partial charge on any atom is -0.491 e. The lowest BCUT2D eigenvalue weighted by molar-refractivity contribution is -0.376. The van der Waals surface area contributed by atoms with Crippen LogP contribution in [0.1, 0.15) is 57.7 Å². The van der Waals surface area contributed by atoms with Crippen molar-refractivity contribution in [3.8, 4) is 5.75 Å². The lowest BCUT2D eigenvalue weighted by Crippen LogP contribution is -2.56. The molecule has 2 N–H and O–H groups in total. The van der Waals surface area contributed by atoms with Gasteiger partial charge < -0.3 is 25.0 Å². The maximum Gasteiger partial charge on any atom is 0.430 e. The molecule has 15 heteroatoms. The highest BCUT2D eigenvalue weighted by Gasteiger charge is 2.71. The number of benzene rings is 2. The van der Waals surface area contributed by atoms with Crippen molar-refractivity contribution in [1.82, 2.24) is 15.1 Å². The first-order valence-electron chi connectivity index (χ1n) is 15.2. The Morgan fingerprint density at radius 3 is 2.19 bits per heavy atom. The summed E-state index contributed by atoms with van der Waals surface area (Å²) in [6.07, 6.45) is -11.5. The number of carbonyl (C=O) groups excluding carboxylic acids is 3. The molecule has 2 aromatic rings. The molecule has 0 bridgehead atoms. The number of rotatable bonds is 9. The number of hydrogen-bond acceptors (Lipinski definition) is 6. The molecule has 2 atom stereocenters. The summed E-state index contributed by atoms with van der Waals surface area (Å²) in [4.78, 5) is 43.7. The largest absolute Gasteiger partial charge is 0.491 e. The van der Waals surface area contributed by atoms with Gasteiger partial charge in [-0.05, 0) is 63.4 Å². The summed E-state index contributed by atoms with van der Waals surface area (Å²) in [5, 5.41) is 12.6. The zero-order chi connectivity index (χ0) is 35.1. The summed E-state index contributed by atoms with van der Waals surface area (Å²) in [5.74, 6) is -0.525. The molecule has 2 fully saturated rings. The summed E-state index contributed by atoms with van der Waals surface area (Å²) in [7, 11) is 0. The number of nitrogens with zero attached hydrogens (tertiary/aromatic N) is 3. The Morgan fingerprint density at radius 2 is 1.66 bits per heavy atom. The molecule has 2 aliphatic heterocycles. The predicted molar refractivity (Wildman–Crippen MR) is 160 cm³/mol. The van der Waals surface area contributed by atoms with Crippen LogP contribution in [0, 0.1) is 0 Å². The van der Waals surface area contributed by atoms with Gasteiger partial charge in [0.05, 0.1) is 6.10 Å². The number of amides is 4. The Hall–Kier alpha value is -4.01. The number of piperazine rings is 1. The Morgan fingerprint density at radius 1 is 1.04 bits per heavy atom. The van der Waals surface area contributed by atoms with Crippen molar-refractivity contribution in [1.29, 1.82) is 0 Å². The van der Waals surface area contributed by atoms with Crippen molar-refractivity contribution in [2.24, 2.45) is 0 Å². The Labute approximate surface area is 268 Å². The second-order valence-corrected chi connectivity index (χ2v) is 12.3. The van der Waals surface area contributed by atoms with Crippen LogP contribution in [-0.4, -0.2) is 83.4 Å². The molecule has 47 heavy (non-hydrogen) atoms. The van der Waals surface area contributed by atoms with Gasteiger partial charge in [0, 0.05) is 36.9 Å². The summed E-state index contributed by atoms with van der Waals surface area (Å²) in [5.41, 5.74) is -6.71. The first-order valence-corrected chi connectivity index (χ1v) is 15.2. The van der Waals surface area contributed by atoms with E-state index in [2.05, 4.69) is 5.32 Å². The number of aryl methyl sites for hydroxylation is 1. The predicted octanol–water partition coefficient (Wildman–Crippen LogP) is 5.24. The third-order valence-corrected chi connectivity index (χ3v) is 8.50. The van der Waals surface area contributed by atoms with Crippen LogP contribution in [0.2, 0.25) is 0 Å². The van der Waals surface area contributed by atoms with Crippen LogP contribution in [0.4, 0.5) is 36.8 Å². The SMILES string of the molecule is CCCc1cc(C(O)(C(F)(F)F)C(F)(F)F)ccc1N1CCN(C(=O)CN2C(=O)NC(C)(c3ccc(OC(C)C)cc3)C2=O)CC1C. The molecule has 2 heterocycles. The number of carbonyl (C=O) groups is 3. The first-order chi connectivity index (χ1) is 21.7. The van der Waals surface area contributed by atoms with Gasteiger partial charge in [-0.1, -0.05) is 37.6 Å². The van der Waals surface area contributed by atoms with Gasteiger partial charge in [-0.3, -0.25) is 14.5 Å². The average molecular weight is 673 g/mol. The zero-order valence-electron chi connectivity index (χ0n) is 26.6. The molecule has 0 aliphatic carbocycles. The van der Waals surface area contributed by atoms with Crippen LogP contribution in [-0.2, 0) is 27.1 Å². The highest BCUT2D eigenvalue weighted by molar-refractivity contribution is 6.09. The van der Waals surface area contributed by atoms with E-state index in [9.17, 15) is 45.8 Å². The number of imide groups is 1. The second-order valence-electron chi connectivity index (χ2n) is 12.3. The molecule has 4 amide bonds. The van der Waals surface area contributed by atoms with Crippen molar-refractivity contribution in [2.75, 3.05) is 31.1 Å². The van der Waals surface area contributed by atoms with Crippen molar-refractivity contribution in [3.05, 3.63) is 59.2 Å². The van der Waals surface area contributed by atoms with Crippen LogP contribution in [0.25, 0.3) is 0 Å². The van der Waals surface area contributed by atoms with Crippen LogP contribution < -0.4 is 15.0 Å². The van der Waals surface area contributed by atoms with E-state index < -0.39 is 59.5 Å². The third kappa shape index (κ3) is 6.72. The van der Waals surface area contributed by atoms with Gasteiger partial charge in [-0.2, -0.15) is 26.3 Å². The number of anilines is 1. The fourth-order valence-electron chi connectivity index (χ4n) is 6.00. The Bertz CT molecular complexity index is 1480. The summed E-state index contributed by atoms with van der Waals surface area (Å²) >= 11 is 0. The smallest absolute Gasteiger partial charge is 0.430 e. The van der Waals surface area contributed by atoms with Crippen molar-refractivity contribution in [2.45, 2.75) is 83.1 Å². The van der Waals surface area contributed by atoms with E-state index in [-0.39, 0.29) is 37.7 Å². The molecule has 0 aromatic heterocycles. The van der Waals surface area contributed by atoms with E-state index in [1.165, 1.54) is 4.90 Å². The number of ether oxygens (including phenoxy) is 1. The number of halogens is 6. The highest BCUT2D eigenvalue weighted by atomic mass is 19.4. The fraction of sp³-hybridized carbons (Fsp3) is 0.531. The van der Waals surface area contributed by atoms with Crippen LogP contribution >= 0.6 is 0 Å².